The molecule has 5 heteroatoms. The normalized spacial score (nSPS) is 12.5. The molecule has 0 radical (unpaired) electrons. The van der Waals surface area contributed by atoms with Crippen molar-refractivity contribution in [1.29, 1.82) is 0 Å². The third-order valence-electron chi connectivity index (χ3n) is 4.20. The zero-order valence-corrected chi connectivity index (χ0v) is 13.2. The van der Waals surface area contributed by atoms with E-state index in [-0.39, 0.29) is 6.42 Å². The number of primary amides is 1. The highest BCUT2D eigenvalue weighted by molar-refractivity contribution is 6.46. The average Bonchev–Trinajstić information content (AvgIpc) is 3.03. The lowest BCUT2D eigenvalue weighted by molar-refractivity contribution is -0.117. The summed E-state index contributed by atoms with van der Waals surface area (Å²) in [4.78, 5) is 35.8. The molecule has 0 atom stereocenters. The molecular weight excluding hydrogens is 304 g/mol. The fourth-order valence-corrected chi connectivity index (χ4v) is 3.01. The van der Waals surface area contributed by atoms with E-state index in [1.165, 1.54) is 5.56 Å². The molecule has 3 rings (SSSR count). The van der Waals surface area contributed by atoms with Crippen LogP contribution in [-0.2, 0) is 28.9 Å². The van der Waals surface area contributed by atoms with Gasteiger partial charge >= 0.3 is 0 Å². The summed E-state index contributed by atoms with van der Waals surface area (Å²) in [5, 5.41) is 2.59. The van der Waals surface area contributed by atoms with Crippen LogP contribution in [-0.4, -0.2) is 17.6 Å². The third-order valence-corrected chi connectivity index (χ3v) is 4.20. The van der Waals surface area contributed by atoms with Crippen LogP contribution in [0.25, 0.3) is 0 Å². The second kappa shape index (κ2) is 6.66. The number of para-hydroxylation sites is 1. The summed E-state index contributed by atoms with van der Waals surface area (Å²) < 4.78 is 0. The smallest absolute Gasteiger partial charge is 0.296 e. The number of carbonyl (C=O) groups excluding carboxylic acids is 3. The summed E-state index contributed by atoms with van der Waals surface area (Å²) in [6.45, 7) is 0. The van der Waals surface area contributed by atoms with E-state index in [4.69, 9.17) is 5.73 Å². The van der Waals surface area contributed by atoms with Crippen LogP contribution < -0.4 is 11.1 Å². The van der Waals surface area contributed by atoms with E-state index in [2.05, 4.69) is 5.32 Å². The van der Waals surface area contributed by atoms with Crippen LogP contribution in [0.4, 0.5) is 5.69 Å². The number of Topliss-reactive ketones (excluding diaryl/α,β-unsaturated/α-hetero) is 1. The molecule has 2 amide bonds. The summed E-state index contributed by atoms with van der Waals surface area (Å²) in [7, 11) is 0. The maximum absolute atomic E-state index is 12.4. The number of rotatable bonds is 5. The number of carbonyl (C=O) groups is 3. The van der Waals surface area contributed by atoms with E-state index in [0.717, 1.165) is 24.8 Å². The largest absolute Gasteiger partial charge is 0.369 e. The molecule has 0 unspecified atom stereocenters. The minimum Gasteiger partial charge on any atom is -0.369 e. The number of hydrogen-bond donors (Lipinski definition) is 2. The Kier molecular flexibility index (Phi) is 4.42. The van der Waals surface area contributed by atoms with Gasteiger partial charge in [0.05, 0.1) is 6.42 Å². The second-order valence-electron chi connectivity index (χ2n) is 5.92. The van der Waals surface area contributed by atoms with Crippen molar-refractivity contribution in [2.45, 2.75) is 25.7 Å². The number of anilines is 1. The van der Waals surface area contributed by atoms with E-state index >= 15 is 0 Å². The van der Waals surface area contributed by atoms with Gasteiger partial charge in [0.15, 0.2) is 0 Å². The molecule has 0 bridgehead atoms. The van der Waals surface area contributed by atoms with Gasteiger partial charge in [0.1, 0.15) is 0 Å². The first-order valence-electron chi connectivity index (χ1n) is 7.88. The maximum atomic E-state index is 12.4. The van der Waals surface area contributed by atoms with Crippen molar-refractivity contribution in [2.24, 2.45) is 5.73 Å². The molecule has 0 saturated heterocycles. The van der Waals surface area contributed by atoms with Gasteiger partial charge in [-0.15, -0.1) is 0 Å². The quantitative estimate of drug-likeness (QED) is 0.652. The molecule has 0 aliphatic heterocycles. The fraction of sp³-hybridized carbons (Fsp3) is 0.211. The molecule has 0 heterocycles. The second-order valence-corrected chi connectivity index (χ2v) is 5.92. The highest BCUT2D eigenvalue weighted by Gasteiger charge is 2.20. The summed E-state index contributed by atoms with van der Waals surface area (Å²) in [5.41, 5.74) is 9.00. The summed E-state index contributed by atoms with van der Waals surface area (Å²) in [6, 6.07) is 12.2. The lowest BCUT2D eigenvalue weighted by atomic mass is 10.0. The molecule has 3 N–H and O–H groups in total. The van der Waals surface area contributed by atoms with Crippen LogP contribution in [0.5, 0.6) is 0 Å². The van der Waals surface area contributed by atoms with E-state index in [1.807, 2.05) is 6.07 Å². The predicted octanol–water partition coefficient (Wildman–Crippen LogP) is 2.02. The molecular formula is C19H18N2O3. The van der Waals surface area contributed by atoms with Crippen molar-refractivity contribution in [3.05, 3.63) is 64.7 Å². The van der Waals surface area contributed by atoms with E-state index in [0.29, 0.717) is 16.8 Å². The van der Waals surface area contributed by atoms with E-state index < -0.39 is 17.6 Å². The molecule has 0 saturated carbocycles. The number of aryl methyl sites for hydroxylation is 2. The number of benzene rings is 2. The van der Waals surface area contributed by atoms with Crippen molar-refractivity contribution in [3.63, 3.8) is 0 Å². The van der Waals surface area contributed by atoms with Crippen LogP contribution in [0.15, 0.2) is 42.5 Å². The summed E-state index contributed by atoms with van der Waals surface area (Å²) in [5.74, 6) is -1.80. The average molecular weight is 322 g/mol. The molecule has 0 spiro atoms. The Morgan fingerprint density at radius 3 is 2.54 bits per heavy atom. The lowest BCUT2D eigenvalue weighted by Gasteiger charge is -2.10. The highest BCUT2D eigenvalue weighted by atomic mass is 16.2. The Morgan fingerprint density at radius 1 is 1.00 bits per heavy atom. The molecule has 24 heavy (non-hydrogen) atoms. The number of fused-ring (bicyclic) bond motifs is 1. The lowest BCUT2D eigenvalue weighted by Crippen LogP contribution is -2.24. The minimum atomic E-state index is -0.718. The highest BCUT2D eigenvalue weighted by Crippen LogP contribution is 2.23. The van der Waals surface area contributed by atoms with Gasteiger partial charge in [-0.25, -0.2) is 0 Å². The van der Waals surface area contributed by atoms with Crippen molar-refractivity contribution < 1.29 is 14.4 Å². The Morgan fingerprint density at radius 2 is 1.75 bits per heavy atom. The van der Waals surface area contributed by atoms with E-state index in [9.17, 15) is 14.4 Å². The molecule has 1 aliphatic rings. The monoisotopic (exact) mass is 322 g/mol. The first kappa shape index (κ1) is 15.9. The Labute approximate surface area is 139 Å². The van der Waals surface area contributed by atoms with Gasteiger partial charge in [0, 0.05) is 11.3 Å². The van der Waals surface area contributed by atoms with Gasteiger partial charge in [-0.05, 0) is 48.1 Å². The third kappa shape index (κ3) is 3.35. The molecule has 0 fully saturated rings. The van der Waals surface area contributed by atoms with Crippen LogP contribution in [0.2, 0.25) is 0 Å². The van der Waals surface area contributed by atoms with Gasteiger partial charge in [-0.3, -0.25) is 14.4 Å². The first-order valence-corrected chi connectivity index (χ1v) is 7.88. The predicted molar refractivity (Wildman–Crippen MR) is 90.8 cm³/mol. The van der Waals surface area contributed by atoms with Gasteiger partial charge in [-0.1, -0.05) is 30.3 Å². The van der Waals surface area contributed by atoms with Crippen LogP contribution in [0.3, 0.4) is 0 Å². The molecule has 0 aromatic heterocycles. The molecule has 122 valence electrons. The van der Waals surface area contributed by atoms with Crippen molar-refractivity contribution in [2.75, 3.05) is 5.32 Å². The number of nitrogens with one attached hydrogen (secondary N) is 1. The van der Waals surface area contributed by atoms with Gasteiger partial charge < -0.3 is 11.1 Å². The number of ketones is 1. The maximum Gasteiger partial charge on any atom is 0.296 e. The fourth-order valence-electron chi connectivity index (χ4n) is 3.01. The van der Waals surface area contributed by atoms with Crippen molar-refractivity contribution >= 4 is 23.3 Å². The zero-order chi connectivity index (χ0) is 17.1. The summed E-state index contributed by atoms with van der Waals surface area (Å²) in [6.07, 6.45) is 3.05. The van der Waals surface area contributed by atoms with Crippen LogP contribution in [0, 0.1) is 0 Å². The van der Waals surface area contributed by atoms with Gasteiger partial charge in [-0.2, -0.15) is 0 Å². The van der Waals surface area contributed by atoms with Crippen molar-refractivity contribution in [3.8, 4) is 0 Å². The Hall–Kier alpha value is -2.95. The molecule has 5 nitrogen and oxygen atoms in total. The SMILES string of the molecule is NC(=O)Cc1ccccc1NC(=O)C(=O)c1ccc2c(c1)CCC2. The van der Waals surface area contributed by atoms with Gasteiger partial charge in [0.25, 0.3) is 11.7 Å². The molecule has 2 aromatic rings. The number of nitrogens with two attached hydrogens (primary N) is 1. The van der Waals surface area contributed by atoms with Crippen LogP contribution in [0.1, 0.15) is 33.5 Å². The van der Waals surface area contributed by atoms with E-state index in [1.54, 1.807) is 36.4 Å². The zero-order valence-electron chi connectivity index (χ0n) is 13.2. The first-order chi connectivity index (χ1) is 11.5. The Bertz CT molecular complexity index is 827. The van der Waals surface area contributed by atoms with Crippen LogP contribution >= 0.6 is 0 Å². The van der Waals surface area contributed by atoms with Gasteiger partial charge in [0.2, 0.25) is 5.91 Å². The minimum absolute atomic E-state index is 0.00346. The Balaban J connectivity index is 1.78. The number of amides is 2. The van der Waals surface area contributed by atoms with Crippen molar-refractivity contribution in [1.82, 2.24) is 0 Å². The molecule has 1 aliphatic carbocycles. The molecule has 2 aromatic carbocycles. The summed E-state index contributed by atoms with van der Waals surface area (Å²) >= 11 is 0. The standard InChI is InChI=1S/C19H18N2O3/c20-17(22)11-14-4-1-2-7-16(14)21-19(24)18(23)15-9-8-12-5-3-6-13(12)10-15/h1-2,4,7-10H,3,5-6,11H2,(H2,20,22)(H,21,24). The topological polar surface area (TPSA) is 89.3 Å². The number of hydrogen-bond acceptors (Lipinski definition) is 3.